The van der Waals surface area contributed by atoms with Gasteiger partial charge in [0.1, 0.15) is 18.2 Å². The van der Waals surface area contributed by atoms with Crippen molar-refractivity contribution in [3.05, 3.63) is 44.6 Å². The predicted octanol–water partition coefficient (Wildman–Crippen LogP) is 4.58. The zero-order chi connectivity index (χ0) is 13.0. The molecule has 18 heavy (non-hydrogen) atoms. The standard InChI is InChI=1S/C13H13BrFNOS/c1-2-3-13-16-11(8-18-13)7-17-12-5-9(14)4-10(15)6-12/h4-6,8H,2-3,7H2,1H3. The SMILES string of the molecule is CCCc1nc(COc2cc(F)cc(Br)c2)cs1. The fraction of sp³-hybridized carbons (Fsp3) is 0.308. The van der Waals surface area contributed by atoms with Gasteiger partial charge < -0.3 is 4.74 Å². The zero-order valence-electron chi connectivity index (χ0n) is 9.95. The summed E-state index contributed by atoms with van der Waals surface area (Å²) in [5, 5.41) is 3.11. The first-order valence-electron chi connectivity index (χ1n) is 5.69. The van der Waals surface area contributed by atoms with Crippen LogP contribution in [0.3, 0.4) is 0 Å². The van der Waals surface area contributed by atoms with Crippen molar-refractivity contribution in [2.75, 3.05) is 0 Å². The minimum Gasteiger partial charge on any atom is -0.487 e. The van der Waals surface area contributed by atoms with Gasteiger partial charge in [0.25, 0.3) is 0 Å². The summed E-state index contributed by atoms with van der Waals surface area (Å²) < 4.78 is 19.3. The van der Waals surface area contributed by atoms with Crippen LogP contribution in [-0.4, -0.2) is 4.98 Å². The maximum Gasteiger partial charge on any atom is 0.131 e. The maximum atomic E-state index is 13.1. The summed E-state index contributed by atoms with van der Waals surface area (Å²) in [4.78, 5) is 4.45. The average molecular weight is 330 g/mol. The topological polar surface area (TPSA) is 22.1 Å². The average Bonchev–Trinajstić information content (AvgIpc) is 2.74. The van der Waals surface area contributed by atoms with Gasteiger partial charge in [0.2, 0.25) is 0 Å². The maximum absolute atomic E-state index is 13.1. The van der Waals surface area contributed by atoms with Gasteiger partial charge in [0.15, 0.2) is 0 Å². The number of thiazole rings is 1. The van der Waals surface area contributed by atoms with Gasteiger partial charge in [-0.3, -0.25) is 0 Å². The first-order chi connectivity index (χ1) is 8.67. The van der Waals surface area contributed by atoms with E-state index >= 15 is 0 Å². The van der Waals surface area contributed by atoms with Crippen LogP contribution in [0.1, 0.15) is 24.0 Å². The van der Waals surface area contributed by atoms with Crippen molar-refractivity contribution in [2.24, 2.45) is 0 Å². The molecule has 0 unspecified atom stereocenters. The molecule has 5 heteroatoms. The zero-order valence-corrected chi connectivity index (χ0v) is 12.4. The number of benzene rings is 1. The van der Waals surface area contributed by atoms with E-state index in [-0.39, 0.29) is 5.82 Å². The van der Waals surface area contributed by atoms with Crippen molar-refractivity contribution < 1.29 is 9.13 Å². The lowest BCUT2D eigenvalue weighted by atomic mass is 10.3. The summed E-state index contributed by atoms with van der Waals surface area (Å²) in [6.07, 6.45) is 2.08. The molecular formula is C13H13BrFNOS. The van der Waals surface area contributed by atoms with E-state index in [0.29, 0.717) is 16.8 Å². The Morgan fingerprint density at radius 3 is 2.94 bits per heavy atom. The van der Waals surface area contributed by atoms with Gasteiger partial charge in [-0.05, 0) is 25.0 Å². The van der Waals surface area contributed by atoms with E-state index in [0.717, 1.165) is 23.5 Å². The fourth-order valence-electron chi connectivity index (χ4n) is 1.51. The lowest BCUT2D eigenvalue weighted by Gasteiger charge is -2.04. The highest BCUT2D eigenvalue weighted by atomic mass is 79.9. The number of nitrogens with zero attached hydrogens (tertiary/aromatic N) is 1. The van der Waals surface area contributed by atoms with Crippen LogP contribution in [0, 0.1) is 5.82 Å². The van der Waals surface area contributed by atoms with Crippen molar-refractivity contribution in [2.45, 2.75) is 26.4 Å². The van der Waals surface area contributed by atoms with Crippen molar-refractivity contribution in [1.29, 1.82) is 0 Å². The van der Waals surface area contributed by atoms with Crippen LogP contribution < -0.4 is 4.74 Å². The fourth-order valence-corrected chi connectivity index (χ4v) is 2.84. The summed E-state index contributed by atoms with van der Waals surface area (Å²) in [6.45, 7) is 2.50. The first kappa shape index (κ1) is 13.5. The molecule has 1 heterocycles. The van der Waals surface area contributed by atoms with Gasteiger partial charge in [0, 0.05) is 15.9 Å². The molecule has 0 bridgehead atoms. The van der Waals surface area contributed by atoms with Crippen molar-refractivity contribution in [1.82, 2.24) is 4.98 Å². The Bertz CT molecular complexity index is 509. The second-order valence-corrected chi connectivity index (χ2v) is 5.73. The lowest BCUT2D eigenvalue weighted by Crippen LogP contribution is -1.96. The molecule has 0 atom stereocenters. The molecule has 0 saturated heterocycles. The summed E-state index contributed by atoms with van der Waals surface area (Å²) in [7, 11) is 0. The molecule has 0 spiro atoms. The molecule has 0 aliphatic heterocycles. The van der Waals surface area contributed by atoms with Crippen LogP contribution in [0.5, 0.6) is 5.75 Å². The molecule has 2 nitrogen and oxygen atoms in total. The highest BCUT2D eigenvalue weighted by molar-refractivity contribution is 9.10. The Morgan fingerprint density at radius 2 is 2.22 bits per heavy atom. The molecule has 0 aliphatic carbocycles. The Morgan fingerprint density at radius 1 is 1.39 bits per heavy atom. The van der Waals surface area contributed by atoms with Crippen molar-refractivity contribution in [3.63, 3.8) is 0 Å². The normalized spacial score (nSPS) is 10.6. The van der Waals surface area contributed by atoms with Crippen LogP contribution in [0.2, 0.25) is 0 Å². The van der Waals surface area contributed by atoms with Gasteiger partial charge in [-0.25, -0.2) is 9.37 Å². The molecular weight excluding hydrogens is 317 g/mol. The Balaban J connectivity index is 1.97. The van der Waals surface area contributed by atoms with E-state index in [1.165, 1.54) is 12.1 Å². The molecule has 2 aromatic rings. The molecule has 0 amide bonds. The predicted molar refractivity (Wildman–Crippen MR) is 74.5 cm³/mol. The van der Waals surface area contributed by atoms with Gasteiger partial charge >= 0.3 is 0 Å². The van der Waals surface area contributed by atoms with Crippen LogP contribution in [0.15, 0.2) is 28.1 Å². The summed E-state index contributed by atoms with van der Waals surface area (Å²) in [5.41, 5.74) is 0.892. The number of aromatic nitrogens is 1. The number of ether oxygens (including phenoxy) is 1. The molecule has 0 radical (unpaired) electrons. The van der Waals surface area contributed by atoms with Gasteiger partial charge in [0.05, 0.1) is 10.7 Å². The number of hydrogen-bond donors (Lipinski definition) is 0. The minimum atomic E-state index is -0.315. The van der Waals surface area contributed by atoms with Crippen LogP contribution in [0.4, 0.5) is 4.39 Å². The molecule has 2 rings (SSSR count). The second kappa shape index (κ2) is 6.29. The Hall–Kier alpha value is -0.940. The minimum absolute atomic E-state index is 0.315. The first-order valence-corrected chi connectivity index (χ1v) is 7.37. The highest BCUT2D eigenvalue weighted by Crippen LogP contribution is 2.22. The van der Waals surface area contributed by atoms with Gasteiger partial charge in [-0.1, -0.05) is 22.9 Å². The smallest absolute Gasteiger partial charge is 0.131 e. The largest absolute Gasteiger partial charge is 0.487 e. The monoisotopic (exact) mass is 329 g/mol. The Kier molecular flexibility index (Phi) is 4.72. The number of halogens is 2. The van der Waals surface area contributed by atoms with Crippen LogP contribution >= 0.6 is 27.3 Å². The lowest BCUT2D eigenvalue weighted by molar-refractivity contribution is 0.300. The molecule has 1 aromatic carbocycles. The Labute approximate surface area is 118 Å². The molecule has 0 aliphatic rings. The van der Waals surface area contributed by atoms with E-state index in [9.17, 15) is 4.39 Å². The van der Waals surface area contributed by atoms with Gasteiger partial charge in [-0.15, -0.1) is 11.3 Å². The van der Waals surface area contributed by atoms with E-state index in [2.05, 4.69) is 27.8 Å². The molecule has 0 N–H and O–H groups in total. The molecule has 1 aromatic heterocycles. The third-order valence-electron chi connectivity index (χ3n) is 2.29. The quantitative estimate of drug-likeness (QED) is 0.801. The summed E-state index contributed by atoms with van der Waals surface area (Å²) >= 11 is 4.87. The van der Waals surface area contributed by atoms with Crippen molar-refractivity contribution in [3.8, 4) is 5.75 Å². The molecule has 0 fully saturated rings. The van der Waals surface area contributed by atoms with E-state index in [1.807, 2.05) is 5.38 Å². The number of aryl methyl sites for hydroxylation is 1. The third kappa shape index (κ3) is 3.78. The number of rotatable bonds is 5. The van der Waals surface area contributed by atoms with Crippen molar-refractivity contribution >= 4 is 27.3 Å². The van der Waals surface area contributed by atoms with Gasteiger partial charge in [-0.2, -0.15) is 0 Å². The third-order valence-corrected chi connectivity index (χ3v) is 3.70. The number of hydrogen-bond acceptors (Lipinski definition) is 3. The van der Waals surface area contributed by atoms with Crippen LogP contribution in [-0.2, 0) is 13.0 Å². The van der Waals surface area contributed by atoms with Crippen LogP contribution in [0.25, 0.3) is 0 Å². The summed E-state index contributed by atoms with van der Waals surface area (Å²) in [5.74, 6) is 0.191. The van der Waals surface area contributed by atoms with E-state index in [4.69, 9.17) is 4.74 Å². The molecule has 96 valence electrons. The second-order valence-electron chi connectivity index (χ2n) is 3.88. The van der Waals surface area contributed by atoms with E-state index in [1.54, 1.807) is 17.4 Å². The highest BCUT2D eigenvalue weighted by Gasteiger charge is 2.04. The van der Waals surface area contributed by atoms with E-state index < -0.39 is 0 Å². The summed E-state index contributed by atoms with van der Waals surface area (Å²) in [6, 6.07) is 4.50. The molecule has 0 saturated carbocycles.